The lowest BCUT2D eigenvalue weighted by Gasteiger charge is -2.42. The molecule has 4 aliphatic rings. The largest absolute Gasteiger partial charge is 0.436 e. The molecular formula is C31H40Cl2N6O4S. The van der Waals surface area contributed by atoms with E-state index in [4.69, 9.17) is 27.9 Å². The molecule has 0 saturated carbocycles. The van der Waals surface area contributed by atoms with E-state index >= 15 is 0 Å². The first kappa shape index (κ1) is 31.4. The third-order valence-corrected chi connectivity index (χ3v) is 11.1. The fourth-order valence-corrected chi connectivity index (χ4v) is 7.89. The molecule has 0 bridgehead atoms. The van der Waals surface area contributed by atoms with Crippen molar-refractivity contribution < 1.29 is 19.1 Å². The maximum atomic E-state index is 13.9. The number of likely N-dealkylation sites (N-methyl/N-ethyl adjacent to an activating group) is 1. The van der Waals surface area contributed by atoms with Gasteiger partial charge in [-0.1, -0.05) is 29.3 Å². The Kier molecular flexibility index (Phi) is 9.87. The summed E-state index contributed by atoms with van der Waals surface area (Å²) in [5.74, 6) is -0.173. The summed E-state index contributed by atoms with van der Waals surface area (Å²) in [6.07, 6.45) is 1.86. The number of amides is 4. The Balaban J connectivity index is 1.07. The van der Waals surface area contributed by atoms with Crippen LogP contribution < -0.4 is 5.32 Å². The van der Waals surface area contributed by atoms with E-state index < -0.39 is 12.2 Å². The van der Waals surface area contributed by atoms with Crippen molar-refractivity contribution in [3.63, 3.8) is 0 Å². The van der Waals surface area contributed by atoms with Crippen molar-refractivity contribution >= 4 is 58.3 Å². The molecule has 3 fully saturated rings. The van der Waals surface area contributed by atoms with Gasteiger partial charge in [0.25, 0.3) is 5.91 Å². The number of ether oxygens (including phenoxy) is 1. The second-order valence-corrected chi connectivity index (χ2v) is 14.1. The zero-order valence-electron chi connectivity index (χ0n) is 25.1. The minimum Gasteiger partial charge on any atom is -0.436 e. The van der Waals surface area contributed by atoms with Gasteiger partial charge in [0, 0.05) is 75.7 Å². The lowest BCUT2D eigenvalue weighted by Crippen LogP contribution is -2.54. The fraction of sp³-hybridized carbons (Fsp3) is 0.581. The molecule has 1 aromatic carbocycles. The molecular weight excluding hydrogens is 623 g/mol. The third kappa shape index (κ3) is 7.12. The molecule has 1 atom stereocenters. The van der Waals surface area contributed by atoms with Gasteiger partial charge >= 0.3 is 12.1 Å². The molecule has 4 aliphatic heterocycles. The van der Waals surface area contributed by atoms with Crippen LogP contribution in [0.1, 0.15) is 36.1 Å². The summed E-state index contributed by atoms with van der Waals surface area (Å²) in [5, 5.41) is 5.79. The molecule has 4 amide bonds. The monoisotopic (exact) mass is 662 g/mol. The minimum absolute atomic E-state index is 0.0320. The number of urea groups is 1. The Morgan fingerprint density at radius 2 is 1.61 bits per heavy atom. The Morgan fingerprint density at radius 3 is 2.32 bits per heavy atom. The number of fused-ring (bicyclic) bond motifs is 1. The summed E-state index contributed by atoms with van der Waals surface area (Å²) >= 11 is 14.0. The van der Waals surface area contributed by atoms with Gasteiger partial charge in [-0.15, -0.1) is 11.3 Å². The highest BCUT2D eigenvalue weighted by Crippen LogP contribution is 2.32. The molecule has 5 heterocycles. The van der Waals surface area contributed by atoms with Gasteiger partial charge in [-0.05, 0) is 61.9 Å². The third-order valence-electron chi connectivity index (χ3n) is 9.48. The second-order valence-electron chi connectivity index (χ2n) is 12.3. The Bertz CT molecular complexity index is 1350. The van der Waals surface area contributed by atoms with E-state index in [1.807, 2.05) is 27.3 Å². The van der Waals surface area contributed by atoms with E-state index in [0.29, 0.717) is 61.7 Å². The molecule has 238 valence electrons. The van der Waals surface area contributed by atoms with Gasteiger partial charge in [-0.3, -0.25) is 9.69 Å². The number of carbonyl (C=O) groups is 3. The Labute approximate surface area is 272 Å². The summed E-state index contributed by atoms with van der Waals surface area (Å²) < 4.78 is 5.98. The molecule has 1 aromatic heterocycles. The standard InChI is InChI=1S/C31H40Cl2N6O4S/c1-35-13-15-36(16-14-35)22-4-9-37(10-5-22)29(40)27(19-21-2-3-24(32)25(33)18-21)43-31(42)38-11-6-23(7-12-38)39-20-28-26(8-17-44-28)34-30(39)41/h2-3,8,17-18,22-23,27H,4-7,9-16,19-20H2,1H3,(H,34,41)/t27-/m1/s1. The number of nitrogens with zero attached hydrogens (tertiary/aromatic N) is 5. The zero-order valence-corrected chi connectivity index (χ0v) is 27.4. The quantitative estimate of drug-likeness (QED) is 0.476. The maximum Gasteiger partial charge on any atom is 0.410 e. The molecule has 13 heteroatoms. The topological polar surface area (TPSA) is 88.7 Å². The number of nitrogens with one attached hydrogen (secondary N) is 1. The summed E-state index contributed by atoms with van der Waals surface area (Å²) in [7, 11) is 2.16. The molecule has 0 unspecified atom stereocenters. The van der Waals surface area contributed by atoms with Crippen molar-refractivity contribution in [2.45, 2.75) is 56.8 Å². The van der Waals surface area contributed by atoms with Crippen LogP contribution in [0.25, 0.3) is 0 Å². The fourth-order valence-electron chi connectivity index (χ4n) is 6.74. The highest BCUT2D eigenvalue weighted by molar-refractivity contribution is 7.10. The number of hydrogen-bond donors (Lipinski definition) is 1. The molecule has 44 heavy (non-hydrogen) atoms. The van der Waals surface area contributed by atoms with Crippen molar-refractivity contribution in [1.82, 2.24) is 24.5 Å². The van der Waals surface area contributed by atoms with E-state index in [9.17, 15) is 14.4 Å². The summed E-state index contributed by atoms with van der Waals surface area (Å²) in [6, 6.07) is 7.58. The van der Waals surface area contributed by atoms with E-state index in [-0.39, 0.29) is 24.4 Å². The van der Waals surface area contributed by atoms with E-state index in [1.165, 1.54) is 0 Å². The predicted octanol–water partition coefficient (Wildman–Crippen LogP) is 4.85. The molecule has 0 aliphatic carbocycles. The van der Waals surface area contributed by atoms with Crippen LogP contribution in [0.4, 0.5) is 15.3 Å². The second kappa shape index (κ2) is 13.8. The van der Waals surface area contributed by atoms with Crippen LogP contribution in [0.3, 0.4) is 0 Å². The van der Waals surface area contributed by atoms with Gasteiger partial charge < -0.3 is 29.7 Å². The number of piperidine rings is 2. The number of thiophene rings is 1. The maximum absolute atomic E-state index is 13.9. The average Bonchev–Trinajstić information content (AvgIpc) is 3.49. The van der Waals surface area contributed by atoms with E-state index in [1.54, 1.807) is 28.4 Å². The molecule has 1 N–H and O–H groups in total. The molecule has 3 saturated heterocycles. The average molecular weight is 664 g/mol. The number of halogens is 2. The number of carbonyl (C=O) groups excluding carboxylic acids is 3. The number of rotatable bonds is 6. The summed E-state index contributed by atoms with van der Waals surface area (Å²) in [4.78, 5) is 51.5. The first-order chi connectivity index (χ1) is 21.2. The van der Waals surface area contributed by atoms with Crippen molar-refractivity contribution in [1.29, 1.82) is 0 Å². The van der Waals surface area contributed by atoms with Crippen LogP contribution in [-0.4, -0.2) is 120 Å². The zero-order chi connectivity index (χ0) is 30.8. The van der Waals surface area contributed by atoms with Gasteiger partial charge in [0.05, 0.1) is 22.3 Å². The van der Waals surface area contributed by atoms with Gasteiger partial charge in [0.2, 0.25) is 0 Å². The number of benzene rings is 1. The number of hydrogen-bond acceptors (Lipinski definition) is 7. The van der Waals surface area contributed by atoms with Gasteiger partial charge in [-0.2, -0.15) is 0 Å². The Morgan fingerprint density at radius 1 is 0.932 bits per heavy atom. The van der Waals surface area contributed by atoms with Crippen molar-refractivity contribution in [3.8, 4) is 0 Å². The number of piperazine rings is 1. The van der Waals surface area contributed by atoms with Crippen LogP contribution in [0, 0.1) is 0 Å². The van der Waals surface area contributed by atoms with Gasteiger partial charge in [0.1, 0.15) is 0 Å². The van der Waals surface area contributed by atoms with Gasteiger partial charge in [0.15, 0.2) is 6.10 Å². The Hall–Kier alpha value is -2.57. The van der Waals surface area contributed by atoms with Crippen LogP contribution in [0.2, 0.25) is 10.0 Å². The SMILES string of the molecule is CN1CCN(C2CCN(C(=O)[C@@H](Cc3ccc(Cl)c(Cl)c3)OC(=O)N3CCC(N4Cc5sccc5NC4=O)CC3)CC2)CC1. The number of likely N-dealkylation sites (tertiary alicyclic amines) is 2. The molecule has 0 spiro atoms. The predicted molar refractivity (Wildman–Crippen MR) is 173 cm³/mol. The highest BCUT2D eigenvalue weighted by Gasteiger charge is 2.37. The van der Waals surface area contributed by atoms with E-state index in [2.05, 4.69) is 22.2 Å². The normalized spacial score (nSPS) is 21.6. The van der Waals surface area contributed by atoms with Crippen LogP contribution in [0.15, 0.2) is 29.6 Å². The van der Waals surface area contributed by atoms with E-state index in [0.717, 1.165) is 55.1 Å². The molecule has 6 rings (SSSR count). The van der Waals surface area contributed by atoms with Crippen LogP contribution in [0.5, 0.6) is 0 Å². The van der Waals surface area contributed by atoms with Crippen LogP contribution in [-0.2, 0) is 22.5 Å². The summed E-state index contributed by atoms with van der Waals surface area (Å²) in [6.45, 7) is 7.02. The van der Waals surface area contributed by atoms with Crippen molar-refractivity contribution in [2.75, 3.05) is 64.7 Å². The summed E-state index contributed by atoms with van der Waals surface area (Å²) in [5.41, 5.74) is 1.67. The lowest BCUT2D eigenvalue weighted by atomic mass is 10.0. The van der Waals surface area contributed by atoms with Crippen LogP contribution >= 0.6 is 34.5 Å². The van der Waals surface area contributed by atoms with Crippen molar-refractivity contribution in [2.24, 2.45) is 0 Å². The van der Waals surface area contributed by atoms with Gasteiger partial charge in [-0.25, -0.2) is 9.59 Å². The lowest BCUT2D eigenvalue weighted by molar-refractivity contribution is -0.142. The number of anilines is 1. The molecule has 2 aromatic rings. The highest BCUT2D eigenvalue weighted by atomic mass is 35.5. The minimum atomic E-state index is -0.970. The molecule has 10 nitrogen and oxygen atoms in total. The molecule has 0 radical (unpaired) electrons. The first-order valence-corrected chi connectivity index (χ1v) is 17.1. The smallest absolute Gasteiger partial charge is 0.410 e. The van der Waals surface area contributed by atoms with Crippen molar-refractivity contribution in [3.05, 3.63) is 50.1 Å². The first-order valence-electron chi connectivity index (χ1n) is 15.5.